The highest BCUT2D eigenvalue weighted by molar-refractivity contribution is 5.95. The lowest BCUT2D eigenvalue weighted by atomic mass is 10.1. The maximum Gasteiger partial charge on any atom is 0.277 e. The molecule has 2 aromatic rings. The number of nitrogens with zero attached hydrogens (tertiary/aromatic N) is 1. The van der Waals surface area contributed by atoms with E-state index < -0.39 is 0 Å². The first-order chi connectivity index (χ1) is 10.3. The fraction of sp³-hybridized carbons (Fsp3) is 0.333. The lowest BCUT2D eigenvalue weighted by Crippen LogP contribution is -2.41. The molecule has 0 aromatic heterocycles. The molecule has 1 heterocycles. The Morgan fingerprint density at radius 1 is 1.29 bits per heavy atom. The predicted molar refractivity (Wildman–Crippen MR) is 78.7 cm³/mol. The molecule has 0 saturated carbocycles. The first kappa shape index (κ1) is 13.8. The van der Waals surface area contributed by atoms with Crippen molar-refractivity contribution in [2.45, 2.75) is 6.10 Å². The summed E-state index contributed by atoms with van der Waals surface area (Å²) in [6, 6.07) is 10.3. The van der Waals surface area contributed by atoms with Crippen LogP contribution in [-0.4, -0.2) is 37.3 Å². The lowest BCUT2D eigenvalue weighted by molar-refractivity contribution is -0.383. The maximum absolute atomic E-state index is 11.1. The number of benzene rings is 2. The molecule has 110 valence electrons. The van der Waals surface area contributed by atoms with Crippen LogP contribution in [0.15, 0.2) is 36.4 Å². The highest BCUT2D eigenvalue weighted by atomic mass is 16.6. The van der Waals surface area contributed by atoms with Crippen molar-refractivity contribution in [1.82, 2.24) is 5.32 Å². The van der Waals surface area contributed by atoms with Crippen molar-refractivity contribution in [3.63, 3.8) is 0 Å². The van der Waals surface area contributed by atoms with Crippen LogP contribution in [0.2, 0.25) is 0 Å². The van der Waals surface area contributed by atoms with Crippen molar-refractivity contribution in [2.75, 3.05) is 26.3 Å². The van der Waals surface area contributed by atoms with Crippen molar-refractivity contribution >= 4 is 16.5 Å². The molecule has 1 atom stereocenters. The quantitative estimate of drug-likeness (QED) is 0.689. The van der Waals surface area contributed by atoms with Crippen LogP contribution in [-0.2, 0) is 4.74 Å². The summed E-state index contributed by atoms with van der Waals surface area (Å²) in [5.74, 6) is 0.644. The molecule has 1 N–H and O–H groups in total. The van der Waals surface area contributed by atoms with Gasteiger partial charge in [-0.1, -0.05) is 18.2 Å². The minimum Gasteiger partial charge on any atom is -0.490 e. The summed E-state index contributed by atoms with van der Waals surface area (Å²) in [7, 11) is 0. The molecule has 1 unspecified atom stereocenters. The summed E-state index contributed by atoms with van der Waals surface area (Å²) in [6.45, 7) is 2.71. The zero-order valence-corrected chi connectivity index (χ0v) is 11.5. The smallest absolute Gasteiger partial charge is 0.277 e. The van der Waals surface area contributed by atoms with Crippen LogP contribution in [0, 0.1) is 10.1 Å². The Hall–Kier alpha value is -2.18. The van der Waals surface area contributed by atoms with Gasteiger partial charge in [0.1, 0.15) is 18.5 Å². The Morgan fingerprint density at radius 3 is 2.81 bits per heavy atom. The zero-order chi connectivity index (χ0) is 14.7. The standard InChI is InChI=1S/C15H16N2O4/c18-17(19)14-5-6-15(13-4-2-1-3-12(13)14)21-10-11-9-16-7-8-20-11/h1-6,11,16H,7-10H2. The van der Waals surface area contributed by atoms with Gasteiger partial charge in [0.25, 0.3) is 5.69 Å². The first-order valence-corrected chi connectivity index (χ1v) is 6.87. The molecule has 0 radical (unpaired) electrons. The molecule has 21 heavy (non-hydrogen) atoms. The largest absolute Gasteiger partial charge is 0.490 e. The molecule has 2 aromatic carbocycles. The van der Waals surface area contributed by atoms with E-state index >= 15 is 0 Å². The van der Waals surface area contributed by atoms with Crippen LogP contribution in [0.3, 0.4) is 0 Å². The number of nitro benzene ring substituents is 1. The number of fused-ring (bicyclic) bond motifs is 1. The molecule has 1 fully saturated rings. The second-order valence-electron chi connectivity index (χ2n) is 4.89. The van der Waals surface area contributed by atoms with E-state index in [2.05, 4.69) is 5.32 Å². The SMILES string of the molecule is O=[N+]([O-])c1ccc(OCC2CNCCO2)c2ccccc12. The summed E-state index contributed by atoms with van der Waals surface area (Å²) in [4.78, 5) is 10.7. The second-order valence-corrected chi connectivity index (χ2v) is 4.89. The molecule has 0 spiro atoms. The van der Waals surface area contributed by atoms with Gasteiger partial charge in [-0.2, -0.15) is 0 Å². The molecule has 1 aliphatic heterocycles. The van der Waals surface area contributed by atoms with Gasteiger partial charge in [-0.05, 0) is 12.1 Å². The molecule has 1 aliphatic rings. The second kappa shape index (κ2) is 6.07. The highest BCUT2D eigenvalue weighted by Gasteiger charge is 2.17. The van der Waals surface area contributed by atoms with Gasteiger partial charge in [-0.15, -0.1) is 0 Å². The van der Waals surface area contributed by atoms with Gasteiger partial charge in [-0.3, -0.25) is 10.1 Å². The third-order valence-corrected chi connectivity index (χ3v) is 3.49. The number of nitrogens with one attached hydrogen (secondary N) is 1. The minimum atomic E-state index is -0.375. The number of hydrogen-bond acceptors (Lipinski definition) is 5. The average molecular weight is 288 g/mol. The summed E-state index contributed by atoms with van der Waals surface area (Å²) in [6.07, 6.45) is 0.00713. The Morgan fingerprint density at radius 2 is 2.10 bits per heavy atom. The molecular weight excluding hydrogens is 272 g/mol. The van der Waals surface area contributed by atoms with Crippen molar-refractivity contribution in [3.8, 4) is 5.75 Å². The third kappa shape index (κ3) is 2.96. The number of ether oxygens (including phenoxy) is 2. The summed E-state index contributed by atoms with van der Waals surface area (Å²) in [5, 5.41) is 15.6. The monoisotopic (exact) mass is 288 g/mol. The van der Waals surface area contributed by atoms with Crippen LogP contribution in [0.25, 0.3) is 10.8 Å². The number of non-ortho nitro benzene ring substituents is 1. The third-order valence-electron chi connectivity index (χ3n) is 3.49. The predicted octanol–water partition coefficient (Wildman–Crippen LogP) is 2.12. The Bertz CT molecular complexity index is 653. The van der Waals surface area contributed by atoms with Gasteiger partial charge in [0.15, 0.2) is 0 Å². The Labute approximate surface area is 121 Å². The van der Waals surface area contributed by atoms with E-state index in [0.29, 0.717) is 24.3 Å². The summed E-state index contributed by atoms with van der Waals surface area (Å²) >= 11 is 0. The highest BCUT2D eigenvalue weighted by Crippen LogP contribution is 2.32. The van der Waals surface area contributed by atoms with Crippen molar-refractivity contribution in [2.24, 2.45) is 0 Å². The number of rotatable bonds is 4. The fourth-order valence-electron chi connectivity index (χ4n) is 2.45. The van der Waals surface area contributed by atoms with Crippen LogP contribution in [0.1, 0.15) is 0 Å². The molecule has 0 bridgehead atoms. The van der Waals surface area contributed by atoms with Gasteiger partial charge in [-0.25, -0.2) is 0 Å². The van der Waals surface area contributed by atoms with E-state index in [9.17, 15) is 10.1 Å². The summed E-state index contributed by atoms with van der Waals surface area (Å²) in [5.41, 5.74) is 0.0912. The van der Waals surface area contributed by atoms with E-state index in [1.807, 2.05) is 12.1 Å². The van der Waals surface area contributed by atoms with Crippen LogP contribution >= 0.6 is 0 Å². The molecule has 6 nitrogen and oxygen atoms in total. The van der Waals surface area contributed by atoms with E-state index in [1.165, 1.54) is 6.07 Å². The zero-order valence-electron chi connectivity index (χ0n) is 11.5. The normalized spacial score (nSPS) is 18.6. The fourth-order valence-corrected chi connectivity index (χ4v) is 2.45. The lowest BCUT2D eigenvalue weighted by Gasteiger charge is -2.23. The average Bonchev–Trinajstić information content (AvgIpc) is 2.53. The van der Waals surface area contributed by atoms with Crippen molar-refractivity contribution < 1.29 is 14.4 Å². The van der Waals surface area contributed by atoms with Crippen molar-refractivity contribution in [1.29, 1.82) is 0 Å². The van der Waals surface area contributed by atoms with Gasteiger partial charge >= 0.3 is 0 Å². The van der Waals surface area contributed by atoms with Gasteiger partial charge < -0.3 is 14.8 Å². The van der Waals surface area contributed by atoms with E-state index in [1.54, 1.807) is 18.2 Å². The van der Waals surface area contributed by atoms with Crippen LogP contribution in [0.5, 0.6) is 5.75 Å². The number of morpholine rings is 1. The van der Waals surface area contributed by atoms with E-state index in [0.717, 1.165) is 18.5 Å². The van der Waals surface area contributed by atoms with E-state index in [-0.39, 0.29) is 16.7 Å². The van der Waals surface area contributed by atoms with Crippen molar-refractivity contribution in [3.05, 3.63) is 46.5 Å². The molecule has 1 saturated heterocycles. The van der Waals surface area contributed by atoms with E-state index in [4.69, 9.17) is 9.47 Å². The van der Waals surface area contributed by atoms with Crippen LogP contribution in [0.4, 0.5) is 5.69 Å². The molecular formula is C15H16N2O4. The first-order valence-electron chi connectivity index (χ1n) is 6.87. The Kier molecular flexibility index (Phi) is 3.98. The van der Waals surface area contributed by atoms with Gasteiger partial charge in [0.2, 0.25) is 0 Å². The topological polar surface area (TPSA) is 73.6 Å². The summed E-state index contributed by atoms with van der Waals surface area (Å²) < 4.78 is 11.4. The minimum absolute atomic E-state index is 0.00713. The maximum atomic E-state index is 11.1. The number of nitro groups is 1. The van der Waals surface area contributed by atoms with Crippen LogP contribution < -0.4 is 10.1 Å². The molecule has 0 aliphatic carbocycles. The van der Waals surface area contributed by atoms with Gasteiger partial charge in [0, 0.05) is 24.5 Å². The molecule has 0 amide bonds. The van der Waals surface area contributed by atoms with Gasteiger partial charge in [0.05, 0.1) is 16.9 Å². The number of hydrogen-bond donors (Lipinski definition) is 1. The molecule has 6 heteroatoms. The molecule has 3 rings (SSSR count). The Balaban J connectivity index is 1.85.